The van der Waals surface area contributed by atoms with Crippen molar-refractivity contribution in [1.82, 2.24) is 10.2 Å². The third-order valence-corrected chi connectivity index (χ3v) is 5.44. The average Bonchev–Trinajstić information content (AvgIpc) is 2.63. The number of carbonyl (C=O) groups is 1. The Hall–Kier alpha value is -1.36. The van der Waals surface area contributed by atoms with Crippen molar-refractivity contribution < 1.29 is 4.79 Å². The fourth-order valence-corrected chi connectivity index (χ4v) is 3.53. The van der Waals surface area contributed by atoms with Crippen LogP contribution in [-0.2, 0) is 17.9 Å². The van der Waals surface area contributed by atoms with Crippen molar-refractivity contribution in [3.8, 4) is 0 Å². The van der Waals surface area contributed by atoms with E-state index in [-0.39, 0.29) is 11.8 Å². The van der Waals surface area contributed by atoms with E-state index in [4.69, 9.17) is 11.6 Å². The first-order valence-corrected chi connectivity index (χ1v) is 9.76. The van der Waals surface area contributed by atoms with Crippen molar-refractivity contribution in [2.24, 2.45) is 5.92 Å². The maximum atomic E-state index is 12.4. The number of benzene rings is 2. The molecule has 1 amide bonds. The maximum absolute atomic E-state index is 12.4. The second kappa shape index (κ2) is 8.84. The van der Waals surface area contributed by atoms with Crippen LogP contribution in [-0.4, -0.2) is 23.9 Å². The van der Waals surface area contributed by atoms with Crippen molar-refractivity contribution in [1.29, 1.82) is 0 Å². The molecule has 1 heterocycles. The Labute approximate surface area is 162 Å². The van der Waals surface area contributed by atoms with Gasteiger partial charge in [0.05, 0.1) is 0 Å². The summed E-state index contributed by atoms with van der Waals surface area (Å²) in [5, 5.41) is 3.77. The molecule has 2 aromatic carbocycles. The van der Waals surface area contributed by atoms with E-state index in [2.05, 4.69) is 50.4 Å². The molecule has 0 saturated carbocycles. The van der Waals surface area contributed by atoms with Gasteiger partial charge in [-0.05, 0) is 61.3 Å². The largest absolute Gasteiger partial charge is 0.352 e. The lowest BCUT2D eigenvalue weighted by atomic mass is 9.95. The Morgan fingerprint density at radius 3 is 2.28 bits per heavy atom. The minimum atomic E-state index is 0.119. The molecule has 5 heteroatoms. The monoisotopic (exact) mass is 420 g/mol. The molecule has 25 heavy (non-hydrogen) atoms. The summed E-state index contributed by atoms with van der Waals surface area (Å²) in [4.78, 5) is 14.8. The van der Waals surface area contributed by atoms with Gasteiger partial charge < -0.3 is 5.32 Å². The van der Waals surface area contributed by atoms with E-state index >= 15 is 0 Å². The van der Waals surface area contributed by atoms with Gasteiger partial charge in [-0.15, -0.1) is 0 Å². The summed E-state index contributed by atoms with van der Waals surface area (Å²) >= 11 is 9.35. The minimum Gasteiger partial charge on any atom is -0.352 e. The van der Waals surface area contributed by atoms with Crippen LogP contribution in [0, 0.1) is 5.92 Å². The number of rotatable bonds is 5. The van der Waals surface area contributed by atoms with Crippen LogP contribution < -0.4 is 5.32 Å². The topological polar surface area (TPSA) is 32.3 Å². The van der Waals surface area contributed by atoms with Gasteiger partial charge in [0.15, 0.2) is 0 Å². The molecule has 0 radical (unpaired) electrons. The zero-order valence-corrected chi connectivity index (χ0v) is 16.4. The van der Waals surface area contributed by atoms with Gasteiger partial charge in [-0.2, -0.15) is 0 Å². The van der Waals surface area contributed by atoms with Gasteiger partial charge in [0.2, 0.25) is 5.91 Å². The highest BCUT2D eigenvalue weighted by Gasteiger charge is 2.24. The number of hydrogen-bond acceptors (Lipinski definition) is 2. The van der Waals surface area contributed by atoms with E-state index in [1.807, 2.05) is 24.3 Å². The molecule has 1 fully saturated rings. The molecule has 3 nitrogen and oxygen atoms in total. The number of nitrogens with one attached hydrogen (secondary N) is 1. The van der Waals surface area contributed by atoms with Crippen LogP contribution >= 0.6 is 27.5 Å². The highest BCUT2D eigenvalue weighted by atomic mass is 79.9. The fraction of sp³-hybridized carbons (Fsp3) is 0.350. The van der Waals surface area contributed by atoms with Crippen molar-refractivity contribution in [2.45, 2.75) is 25.9 Å². The smallest absolute Gasteiger partial charge is 0.223 e. The quantitative estimate of drug-likeness (QED) is 0.763. The lowest BCUT2D eigenvalue weighted by Crippen LogP contribution is -2.40. The van der Waals surface area contributed by atoms with E-state index < -0.39 is 0 Å². The average molecular weight is 422 g/mol. The zero-order chi connectivity index (χ0) is 17.6. The Morgan fingerprint density at radius 1 is 1.04 bits per heavy atom. The lowest BCUT2D eigenvalue weighted by molar-refractivity contribution is -0.126. The van der Waals surface area contributed by atoms with Gasteiger partial charge in [-0.1, -0.05) is 51.8 Å². The van der Waals surface area contributed by atoms with Crippen LogP contribution in [0.1, 0.15) is 24.0 Å². The molecule has 1 aliphatic heterocycles. The van der Waals surface area contributed by atoms with Crippen LogP contribution in [0.15, 0.2) is 53.0 Å². The van der Waals surface area contributed by atoms with E-state index in [1.165, 1.54) is 5.56 Å². The highest BCUT2D eigenvalue weighted by Crippen LogP contribution is 2.20. The van der Waals surface area contributed by atoms with E-state index in [1.54, 1.807) is 0 Å². The fourth-order valence-electron chi connectivity index (χ4n) is 3.14. The van der Waals surface area contributed by atoms with Crippen molar-refractivity contribution in [3.63, 3.8) is 0 Å². The SMILES string of the molecule is O=C(NCc1ccc(Cl)cc1)C1CCN(Cc2ccc(Br)cc2)CC1. The zero-order valence-electron chi connectivity index (χ0n) is 14.1. The third kappa shape index (κ3) is 5.56. The molecule has 1 aliphatic rings. The lowest BCUT2D eigenvalue weighted by Gasteiger charge is -2.31. The number of likely N-dealkylation sites (tertiary alicyclic amines) is 1. The summed E-state index contributed by atoms with van der Waals surface area (Å²) in [7, 11) is 0. The summed E-state index contributed by atoms with van der Waals surface area (Å²) in [6, 6.07) is 16.0. The van der Waals surface area contributed by atoms with Crippen LogP contribution in [0.2, 0.25) is 5.02 Å². The van der Waals surface area contributed by atoms with Gasteiger partial charge in [0.25, 0.3) is 0 Å². The molecule has 0 bridgehead atoms. The van der Waals surface area contributed by atoms with Crippen molar-refractivity contribution >= 4 is 33.4 Å². The molecule has 0 aromatic heterocycles. The van der Waals surface area contributed by atoms with E-state index in [0.717, 1.165) is 42.5 Å². The van der Waals surface area contributed by atoms with Gasteiger partial charge in [-0.3, -0.25) is 9.69 Å². The second-order valence-corrected chi connectivity index (χ2v) is 7.87. The molecule has 0 unspecified atom stereocenters. The molecule has 3 rings (SSSR count). The Kier molecular flexibility index (Phi) is 6.51. The summed E-state index contributed by atoms with van der Waals surface area (Å²) in [6.45, 7) is 3.45. The van der Waals surface area contributed by atoms with E-state index in [9.17, 15) is 4.79 Å². The molecular formula is C20H22BrClN2O. The maximum Gasteiger partial charge on any atom is 0.223 e. The van der Waals surface area contributed by atoms with Gasteiger partial charge >= 0.3 is 0 Å². The Bertz CT molecular complexity index is 695. The molecule has 0 spiro atoms. The number of halogens is 2. The van der Waals surface area contributed by atoms with Gasteiger partial charge in [0, 0.05) is 28.5 Å². The summed E-state index contributed by atoms with van der Waals surface area (Å²) in [5.74, 6) is 0.284. The van der Waals surface area contributed by atoms with Crippen LogP contribution in [0.4, 0.5) is 0 Å². The summed E-state index contributed by atoms with van der Waals surface area (Å²) in [5.41, 5.74) is 2.39. The first-order chi connectivity index (χ1) is 12.1. The summed E-state index contributed by atoms with van der Waals surface area (Å²) in [6.07, 6.45) is 1.84. The van der Waals surface area contributed by atoms with Crippen LogP contribution in [0.3, 0.4) is 0 Å². The Morgan fingerprint density at radius 2 is 1.64 bits per heavy atom. The normalized spacial score (nSPS) is 15.9. The molecule has 1 saturated heterocycles. The van der Waals surface area contributed by atoms with Gasteiger partial charge in [-0.25, -0.2) is 0 Å². The predicted octanol–water partition coefficient (Wildman–Crippen LogP) is 4.63. The molecule has 0 atom stereocenters. The van der Waals surface area contributed by atoms with E-state index in [0.29, 0.717) is 11.6 Å². The number of nitrogens with zero attached hydrogens (tertiary/aromatic N) is 1. The third-order valence-electron chi connectivity index (χ3n) is 4.66. The summed E-state index contributed by atoms with van der Waals surface area (Å²) < 4.78 is 1.10. The van der Waals surface area contributed by atoms with Crippen LogP contribution in [0.5, 0.6) is 0 Å². The molecule has 2 aromatic rings. The molecule has 1 N–H and O–H groups in total. The number of hydrogen-bond donors (Lipinski definition) is 1. The molecular weight excluding hydrogens is 400 g/mol. The Balaban J connectivity index is 1.42. The molecule has 0 aliphatic carbocycles. The highest BCUT2D eigenvalue weighted by molar-refractivity contribution is 9.10. The number of piperidine rings is 1. The molecule has 132 valence electrons. The first-order valence-electron chi connectivity index (χ1n) is 8.59. The van der Waals surface area contributed by atoms with Crippen molar-refractivity contribution in [2.75, 3.05) is 13.1 Å². The number of carbonyl (C=O) groups excluding carboxylic acids is 1. The second-order valence-electron chi connectivity index (χ2n) is 6.52. The minimum absolute atomic E-state index is 0.119. The standard InChI is InChI=1S/C20H22BrClN2O/c21-18-5-1-16(2-6-18)14-24-11-9-17(10-12-24)20(25)23-13-15-3-7-19(22)8-4-15/h1-8,17H,9-14H2,(H,23,25). The predicted molar refractivity (Wildman–Crippen MR) is 105 cm³/mol. The van der Waals surface area contributed by atoms with Crippen LogP contribution in [0.25, 0.3) is 0 Å². The van der Waals surface area contributed by atoms with Crippen molar-refractivity contribution in [3.05, 3.63) is 69.2 Å². The first kappa shape index (κ1) is 18.4. The van der Waals surface area contributed by atoms with Gasteiger partial charge in [0.1, 0.15) is 0 Å². The number of amides is 1.